The number of thioether (sulfide) groups is 1. The van der Waals surface area contributed by atoms with E-state index in [4.69, 9.17) is 9.47 Å². The van der Waals surface area contributed by atoms with Gasteiger partial charge in [0, 0.05) is 12.3 Å². The number of methoxy groups -OCH3 is 1. The third kappa shape index (κ3) is 5.50. The predicted molar refractivity (Wildman–Crippen MR) is 114 cm³/mol. The fourth-order valence-electron chi connectivity index (χ4n) is 2.80. The largest absolute Gasteiger partial charge is 0.493 e. The Morgan fingerprint density at radius 2 is 1.87 bits per heavy atom. The number of carbonyl (C=O) groups is 1. The average molecular weight is 431 g/mol. The number of hydrogen-bond donors (Lipinski definition) is 1. The molecule has 30 heavy (non-hydrogen) atoms. The molecular formula is C21H23FN4O3S. The molecule has 3 rings (SSSR count). The van der Waals surface area contributed by atoms with Crippen molar-refractivity contribution in [2.75, 3.05) is 24.8 Å². The monoisotopic (exact) mass is 430 g/mol. The number of amides is 1. The molecule has 0 fully saturated rings. The molecule has 0 saturated heterocycles. The fourth-order valence-corrected chi connectivity index (χ4v) is 3.64. The summed E-state index contributed by atoms with van der Waals surface area (Å²) in [6.07, 6.45) is 0.00739. The molecule has 9 heteroatoms. The molecule has 158 valence electrons. The topological polar surface area (TPSA) is 78.3 Å². The Morgan fingerprint density at radius 3 is 2.60 bits per heavy atom. The van der Waals surface area contributed by atoms with Gasteiger partial charge in [0.15, 0.2) is 16.7 Å². The minimum absolute atomic E-state index is 0.00739. The molecule has 2 aromatic carbocycles. The van der Waals surface area contributed by atoms with E-state index in [1.807, 2.05) is 35.8 Å². The summed E-state index contributed by atoms with van der Waals surface area (Å²) >= 11 is 1.49. The van der Waals surface area contributed by atoms with E-state index in [1.54, 1.807) is 19.2 Å². The van der Waals surface area contributed by atoms with Crippen LogP contribution < -0.4 is 14.8 Å². The number of anilines is 1. The Balaban J connectivity index is 1.55. The van der Waals surface area contributed by atoms with Crippen molar-refractivity contribution in [1.29, 1.82) is 0 Å². The van der Waals surface area contributed by atoms with Crippen molar-refractivity contribution in [1.82, 2.24) is 14.8 Å². The number of hydrogen-bond acceptors (Lipinski definition) is 6. The van der Waals surface area contributed by atoms with Crippen LogP contribution in [-0.4, -0.2) is 40.1 Å². The molecule has 1 N–H and O–H groups in total. The summed E-state index contributed by atoms with van der Waals surface area (Å²) in [5, 5.41) is 11.6. The Labute approximate surface area is 178 Å². The van der Waals surface area contributed by atoms with Crippen LogP contribution in [-0.2, 0) is 17.8 Å². The van der Waals surface area contributed by atoms with Crippen LogP contribution in [0, 0.1) is 5.82 Å². The minimum Gasteiger partial charge on any atom is -0.493 e. The highest BCUT2D eigenvalue weighted by atomic mass is 32.2. The van der Waals surface area contributed by atoms with Gasteiger partial charge in [0.2, 0.25) is 5.91 Å². The van der Waals surface area contributed by atoms with Gasteiger partial charge in [-0.25, -0.2) is 4.39 Å². The zero-order valence-corrected chi connectivity index (χ0v) is 17.6. The molecule has 1 heterocycles. The smallest absolute Gasteiger partial charge is 0.232 e. The summed E-state index contributed by atoms with van der Waals surface area (Å²) < 4.78 is 26.6. The van der Waals surface area contributed by atoms with Gasteiger partial charge in [0.1, 0.15) is 11.6 Å². The lowest BCUT2D eigenvalue weighted by atomic mass is 10.3. The third-order valence-electron chi connectivity index (χ3n) is 4.22. The fraction of sp³-hybridized carbons (Fsp3) is 0.286. The van der Waals surface area contributed by atoms with Crippen molar-refractivity contribution in [3.05, 3.63) is 60.2 Å². The first kappa shape index (κ1) is 21.6. The average Bonchev–Trinajstić information content (AvgIpc) is 3.14. The molecular weight excluding hydrogens is 407 g/mol. The van der Waals surface area contributed by atoms with Crippen LogP contribution in [0.25, 0.3) is 0 Å². The van der Waals surface area contributed by atoms with Gasteiger partial charge in [0.05, 0.1) is 25.8 Å². The second-order valence-corrected chi connectivity index (χ2v) is 7.26. The van der Waals surface area contributed by atoms with Crippen molar-refractivity contribution < 1.29 is 18.7 Å². The van der Waals surface area contributed by atoms with Gasteiger partial charge >= 0.3 is 0 Å². The van der Waals surface area contributed by atoms with Crippen molar-refractivity contribution >= 4 is 23.4 Å². The first-order chi connectivity index (χ1) is 14.6. The van der Waals surface area contributed by atoms with Crippen LogP contribution >= 0.6 is 11.8 Å². The van der Waals surface area contributed by atoms with Gasteiger partial charge in [-0.05, 0) is 31.2 Å². The number of rotatable bonds is 10. The molecule has 0 aliphatic rings. The van der Waals surface area contributed by atoms with E-state index in [0.29, 0.717) is 41.4 Å². The van der Waals surface area contributed by atoms with E-state index in [9.17, 15) is 9.18 Å². The third-order valence-corrected chi connectivity index (χ3v) is 5.15. The summed E-state index contributed by atoms with van der Waals surface area (Å²) in [6, 6.07) is 13.5. The molecule has 0 aliphatic heterocycles. The highest BCUT2D eigenvalue weighted by Gasteiger charge is 2.16. The molecule has 0 bridgehead atoms. The van der Waals surface area contributed by atoms with E-state index >= 15 is 0 Å². The molecule has 3 aromatic rings. The Hall–Kier alpha value is -3.07. The number of nitrogens with one attached hydrogen (secondary N) is 1. The van der Waals surface area contributed by atoms with Gasteiger partial charge in [0.25, 0.3) is 0 Å². The first-order valence-corrected chi connectivity index (χ1v) is 10.5. The molecule has 1 amide bonds. The SMILES string of the molecule is CCn1c(CC(=O)Nc2ccccc2F)nnc1SCCOc1ccccc1OC. The lowest BCUT2D eigenvalue weighted by Gasteiger charge is -2.10. The maximum atomic E-state index is 13.7. The standard InChI is InChI=1S/C21H23FN4O3S/c1-3-26-19(14-20(27)23-16-9-5-4-8-15(16)22)24-25-21(26)30-13-12-29-18-11-7-6-10-17(18)28-2/h4-11H,3,12-14H2,1-2H3,(H,23,27). The maximum absolute atomic E-state index is 13.7. The normalized spacial score (nSPS) is 10.6. The Kier molecular flexibility index (Phi) is 7.67. The van der Waals surface area contributed by atoms with Crippen LogP contribution in [0.4, 0.5) is 10.1 Å². The van der Waals surface area contributed by atoms with Crippen LogP contribution in [0.3, 0.4) is 0 Å². The molecule has 1 aromatic heterocycles. The van der Waals surface area contributed by atoms with Gasteiger partial charge in [-0.1, -0.05) is 36.0 Å². The van der Waals surface area contributed by atoms with Gasteiger partial charge in [-0.3, -0.25) is 4.79 Å². The van der Waals surface area contributed by atoms with Crippen molar-refractivity contribution in [3.63, 3.8) is 0 Å². The molecule has 0 radical (unpaired) electrons. The first-order valence-electron chi connectivity index (χ1n) is 9.47. The molecule has 0 aliphatic carbocycles. The number of halogens is 1. The molecule has 0 unspecified atom stereocenters. The predicted octanol–water partition coefficient (Wildman–Crippen LogP) is 3.80. The quantitative estimate of drug-likeness (QED) is 0.389. The van der Waals surface area contributed by atoms with Crippen molar-refractivity contribution in [2.45, 2.75) is 25.0 Å². The number of carbonyl (C=O) groups excluding carboxylic acids is 1. The number of benzene rings is 2. The van der Waals surface area contributed by atoms with Crippen LogP contribution in [0.15, 0.2) is 53.7 Å². The lowest BCUT2D eigenvalue weighted by molar-refractivity contribution is -0.115. The second kappa shape index (κ2) is 10.6. The number of ether oxygens (including phenoxy) is 2. The number of aromatic nitrogens is 3. The van der Waals surface area contributed by atoms with Crippen LogP contribution in [0.1, 0.15) is 12.7 Å². The van der Waals surface area contributed by atoms with E-state index in [2.05, 4.69) is 15.5 Å². The van der Waals surface area contributed by atoms with Crippen LogP contribution in [0.5, 0.6) is 11.5 Å². The van der Waals surface area contributed by atoms with Crippen molar-refractivity contribution in [2.24, 2.45) is 0 Å². The minimum atomic E-state index is -0.478. The zero-order chi connectivity index (χ0) is 21.3. The van der Waals surface area contributed by atoms with Crippen LogP contribution in [0.2, 0.25) is 0 Å². The summed E-state index contributed by atoms with van der Waals surface area (Å²) in [7, 11) is 1.60. The van der Waals surface area contributed by atoms with Gasteiger partial charge in [-0.2, -0.15) is 0 Å². The van der Waals surface area contributed by atoms with E-state index in [-0.39, 0.29) is 18.0 Å². The van der Waals surface area contributed by atoms with Crippen molar-refractivity contribution in [3.8, 4) is 11.5 Å². The second-order valence-electron chi connectivity index (χ2n) is 6.20. The molecule has 7 nitrogen and oxygen atoms in total. The number of nitrogens with zero attached hydrogens (tertiary/aromatic N) is 3. The summed E-state index contributed by atoms with van der Waals surface area (Å²) in [4.78, 5) is 12.3. The van der Waals surface area contributed by atoms with E-state index < -0.39 is 5.82 Å². The Morgan fingerprint density at radius 1 is 1.13 bits per heavy atom. The van der Waals surface area contributed by atoms with Gasteiger partial charge < -0.3 is 19.4 Å². The summed E-state index contributed by atoms with van der Waals surface area (Å²) in [6.45, 7) is 3.03. The Bertz CT molecular complexity index is 996. The zero-order valence-electron chi connectivity index (χ0n) is 16.8. The highest BCUT2D eigenvalue weighted by Crippen LogP contribution is 2.26. The summed E-state index contributed by atoms with van der Waals surface area (Å²) in [5.41, 5.74) is 0.146. The van der Waals surface area contributed by atoms with Gasteiger partial charge in [-0.15, -0.1) is 10.2 Å². The summed E-state index contributed by atoms with van der Waals surface area (Å²) in [5.74, 6) is 1.72. The van der Waals surface area contributed by atoms with E-state index in [0.717, 1.165) is 0 Å². The highest BCUT2D eigenvalue weighted by molar-refractivity contribution is 7.99. The lowest BCUT2D eigenvalue weighted by Crippen LogP contribution is -2.18. The molecule has 0 saturated carbocycles. The molecule has 0 atom stereocenters. The number of para-hydroxylation sites is 3. The maximum Gasteiger partial charge on any atom is 0.232 e. The molecule has 0 spiro atoms. The van der Waals surface area contributed by atoms with E-state index in [1.165, 1.54) is 23.9 Å².